The predicted octanol–water partition coefficient (Wildman–Crippen LogP) is 3.52. The van der Waals surface area contributed by atoms with Crippen LogP contribution in [0, 0.1) is 0 Å². The minimum atomic E-state index is -0.528. The van der Waals surface area contributed by atoms with Crippen LogP contribution in [0.3, 0.4) is 0 Å². The van der Waals surface area contributed by atoms with Gasteiger partial charge < -0.3 is 14.2 Å². The van der Waals surface area contributed by atoms with Crippen LogP contribution in [0.4, 0.5) is 0 Å². The van der Waals surface area contributed by atoms with Gasteiger partial charge in [-0.15, -0.1) is 0 Å². The summed E-state index contributed by atoms with van der Waals surface area (Å²) in [6, 6.07) is 20.6. The molecule has 3 aromatic carbocycles. The van der Waals surface area contributed by atoms with E-state index in [0.717, 1.165) is 5.56 Å². The van der Waals surface area contributed by atoms with E-state index in [1.165, 1.54) is 4.90 Å². The SMILES string of the molecule is COc1ccc(OCC(=O)Oc2ccc(CCN3C(=O)c4ccccc4C3=O)cc2)cc1. The number of carbonyl (C=O) groups excluding carboxylic acids is 3. The summed E-state index contributed by atoms with van der Waals surface area (Å²) in [7, 11) is 1.57. The lowest BCUT2D eigenvalue weighted by Gasteiger charge is -2.14. The van der Waals surface area contributed by atoms with Gasteiger partial charge in [0.05, 0.1) is 18.2 Å². The molecule has 32 heavy (non-hydrogen) atoms. The minimum Gasteiger partial charge on any atom is -0.497 e. The number of nitrogens with zero attached hydrogens (tertiary/aromatic N) is 1. The van der Waals surface area contributed by atoms with E-state index < -0.39 is 5.97 Å². The Bertz CT molecular complexity index is 1100. The number of imide groups is 1. The number of rotatable bonds is 8. The third-order valence-electron chi connectivity index (χ3n) is 5.07. The molecule has 2 amide bonds. The average Bonchev–Trinajstić information content (AvgIpc) is 3.07. The molecule has 1 aliphatic rings. The largest absolute Gasteiger partial charge is 0.497 e. The summed E-state index contributed by atoms with van der Waals surface area (Å²) in [6.45, 7) is 0.0506. The Morgan fingerprint density at radius 2 is 1.34 bits per heavy atom. The maximum atomic E-state index is 12.4. The van der Waals surface area contributed by atoms with Crippen molar-refractivity contribution in [2.24, 2.45) is 0 Å². The fourth-order valence-electron chi connectivity index (χ4n) is 3.38. The highest BCUT2D eigenvalue weighted by atomic mass is 16.6. The zero-order valence-corrected chi connectivity index (χ0v) is 17.4. The zero-order valence-electron chi connectivity index (χ0n) is 17.4. The summed E-state index contributed by atoms with van der Waals surface area (Å²) in [6.07, 6.45) is 0.500. The molecule has 0 atom stereocenters. The third kappa shape index (κ3) is 4.62. The highest BCUT2D eigenvalue weighted by molar-refractivity contribution is 6.21. The van der Waals surface area contributed by atoms with Gasteiger partial charge in [-0.05, 0) is 60.5 Å². The molecule has 0 aliphatic carbocycles. The summed E-state index contributed by atoms with van der Waals surface area (Å²) in [4.78, 5) is 38.1. The summed E-state index contributed by atoms with van der Waals surface area (Å²) >= 11 is 0. The van der Waals surface area contributed by atoms with Gasteiger partial charge in [0.2, 0.25) is 0 Å². The predicted molar refractivity (Wildman–Crippen MR) is 116 cm³/mol. The number of ether oxygens (including phenoxy) is 3. The van der Waals surface area contributed by atoms with Gasteiger partial charge in [0, 0.05) is 6.54 Å². The van der Waals surface area contributed by atoms with Gasteiger partial charge >= 0.3 is 5.97 Å². The molecule has 3 aromatic rings. The van der Waals surface area contributed by atoms with E-state index in [1.807, 2.05) is 0 Å². The van der Waals surface area contributed by atoms with E-state index in [2.05, 4.69) is 0 Å². The van der Waals surface area contributed by atoms with E-state index in [9.17, 15) is 14.4 Å². The van der Waals surface area contributed by atoms with Crippen LogP contribution in [0.5, 0.6) is 17.2 Å². The van der Waals surface area contributed by atoms with Crippen molar-refractivity contribution in [3.8, 4) is 17.2 Å². The van der Waals surface area contributed by atoms with Crippen LogP contribution in [0.2, 0.25) is 0 Å². The molecule has 162 valence electrons. The number of esters is 1. The fraction of sp³-hybridized carbons (Fsp3) is 0.160. The molecule has 1 heterocycles. The number of benzene rings is 3. The maximum Gasteiger partial charge on any atom is 0.349 e. The van der Waals surface area contributed by atoms with Crippen LogP contribution in [0.1, 0.15) is 26.3 Å². The summed E-state index contributed by atoms with van der Waals surface area (Å²) in [5, 5.41) is 0. The van der Waals surface area contributed by atoms with Gasteiger partial charge in [-0.1, -0.05) is 24.3 Å². The Hall–Kier alpha value is -4.13. The van der Waals surface area contributed by atoms with E-state index in [0.29, 0.717) is 34.8 Å². The number of carbonyl (C=O) groups is 3. The number of hydrogen-bond acceptors (Lipinski definition) is 6. The van der Waals surface area contributed by atoms with Crippen molar-refractivity contribution < 1.29 is 28.6 Å². The number of amides is 2. The Labute approximate surface area is 185 Å². The monoisotopic (exact) mass is 431 g/mol. The first kappa shape index (κ1) is 21.1. The molecule has 1 aliphatic heterocycles. The van der Waals surface area contributed by atoms with Crippen molar-refractivity contribution in [1.82, 2.24) is 4.90 Å². The Kier molecular flexibility index (Phi) is 6.17. The second-order valence-electron chi connectivity index (χ2n) is 7.14. The number of methoxy groups -OCH3 is 1. The molecule has 7 nitrogen and oxygen atoms in total. The van der Waals surface area contributed by atoms with E-state index in [1.54, 1.807) is 79.9 Å². The topological polar surface area (TPSA) is 82.1 Å². The normalized spacial score (nSPS) is 12.5. The molecule has 0 radical (unpaired) electrons. The van der Waals surface area contributed by atoms with Crippen molar-refractivity contribution in [2.75, 3.05) is 20.3 Å². The molecule has 0 fully saturated rings. The molecule has 0 saturated carbocycles. The van der Waals surface area contributed by atoms with Gasteiger partial charge in [-0.2, -0.15) is 0 Å². The Balaban J connectivity index is 1.26. The highest BCUT2D eigenvalue weighted by Gasteiger charge is 2.34. The summed E-state index contributed by atoms with van der Waals surface area (Å²) in [5.74, 6) is 0.549. The standard InChI is InChI=1S/C25H21NO6/c1-30-18-10-12-19(13-11-18)31-16-23(27)32-20-8-6-17(7-9-20)14-15-26-24(28)21-4-2-3-5-22(21)25(26)29/h2-13H,14-16H2,1H3. The number of hydrogen-bond donors (Lipinski definition) is 0. The van der Waals surface area contributed by atoms with Crippen molar-refractivity contribution >= 4 is 17.8 Å². The van der Waals surface area contributed by atoms with Gasteiger partial charge in [-0.25, -0.2) is 4.79 Å². The van der Waals surface area contributed by atoms with Crippen LogP contribution in [0.25, 0.3) is 0 Å². The van der Waals surface area contributed by atoms with Crippen molar-refractivity contribution in [3.63, 3.8) is 0 Å². The molecule has 0 bridgehead atoms. The first-order chi connectivity index (χ1) is 15.5. The Morgan fingerprint density at radius 3 is 1.94 bits per heavy atom. The van der Waals surface area contributed by atoms with Gasteiger partial charge in [-0.3, -0.25) is 14.5 Å². The van der Waals surface area contributed by atoms with Crippen molar-refractivity contribution in [3.05, 3.63) is 89.5 Å². The second kappa shape index (κ2) is 9.34. The number of fused-ring (bicyclic) bond motifs is 1. The molecular weight excluding hydrogens is 410 g/mol. The lowest BCUT2D eigenvalue weighted by molar-refractivity contribution is -0.136. The Morgan fingerprint density at radius 1 is 0.781 bits per heavy atom. The van der Waals surface area contributed by atoms with Crippen LogP contribution in [-0.4, -0.2) is 42.9 Å². The first-order valence-corrected chi connectivity index (χ1v) is 10.1. The molecule has 0 spiro atoms. The van der Waals surface area contributed by atoms with Crippen LogP contribution in [-0.2, 0) is 11.2 Å². The molecule has 0 saturated heterocycles. The van der Waals surface area contributed by atoms with E-state index >= 15 is 0 Å². The molecular formula is C25H21NO6. The van der Waals surface area contributed by atoms with Gasteiger partial charge in [0.15, 0.2) is 6.61 Å². The second-order valence-corrected chi connectivity index (χ2v) is 7.14. The lowest BCUT2D eigenvalue weighted by atomic mass is 10.1. The van der Waals surface area contributed by atoms with Crippen molar-refractivity contribution in [1.29, 1.82) is 0 Å². The van der Waals surface area contributed by atoms with Crippen LogP contribution >= 0.6 is 0 Å². The summed E-state index contributed by atoms with van der Waals surface area (Å²) < 4.78 is 15.8. The van der Waals surface area contributed by atoms with Crippen molar-refractivity contribution in [2.45, 2.75) is 6.42 Å². The highest BCUT2D eigenvalue weighted by Crippen LogP contribution is 2.23. The first-order valence-electron chi connectivity index (χ1n) is 10.1. The molecule has 0 unspecified atom stereocenters. The molecule has 7 heteroatoms. The minimum absolute atomic E-state index is 0.228. The van der Waals surface area contributed by atoms with Gasteiger partial charge in [0.1, 0.15) is 17.2 Å². The van der Waals surface area contributed by atoms with Gasteiger partial charge in [0.25, 0.3) is 11.8 Å². The molecule has 4 rings (SSSR count). The molecule has 0 aromatic heterocycles. The zero-order chi connectivity index (χ0) is 22.5. The third-order valence-corrected chi connectivity index (χ3v) is 5.07. The lowest BCUT2D eigenvalue weighted by Crippen LogP contribution is -2.31. The average molecular weight is 431 g/mol. The quantitative estimate of drug-likeness (QED) is 0.308. The van der Waals surface area contributed by atoms with E-state index in [-0.39, 0.29) is 25.0 Å². The molecule has 0 N–H and O–H groups in total. The van der Waals surface area contributed by atoms with Crippen LogP contribution < -0.4 is 14.2 Å². The summed E-state index contributed by atoms with van der Waals surface area (Å²) in [5.41, 5.74) is 1.80. The maximum absolute atomic E-state index is 12.4. The smallest absolute Gasteiger partial charge is 0.349 e. The fourth-order valence-corrected chi connectivity index (χ4v) is 3.38. The van der Waals surface area contributed by atoms with Crippen LogP contribution in [0.15, 0.2) is 72.8 Å². The van der Waals surface area contributed by atoms with E-state index in [4.69, 9.17) is 14.2 Å².